The number of carbonyl (C=O) groups is 1. The number of pyridine rings is 1. The van der Waals surface area contributed by atoms with Crippen LogP contribution in [0.1, 0.15) is 16.7 Å². The molecule has 0 spiro atoms. The van der Waals surface area contributed by atoms with Gasteiger partial charge in [0, 0.05) is 38.1 Å². The molecule has 8 heteroatoms. The minimum absolute atomic E-state index is 0.0743. The predicted molar refractivity (Wildman–Crippen MR) is 102 cm³/mol. The number of benzene rings is 1. The van der Waals surface area contributed by atoms with E-state index >= 15 is 0 Å². The third-order valence-corrected chi connectivity index (χ3v) is 4.81. The van der Waals surface area contributed by atoms with Crippen molar-refractivity contribution >= 4 is 17.4 Å². The van der Waals surface area contributed by atoms with Gasteiger partial charge in [-0.3, -0.25) is 9.69 Å². The van der Waals surface area contributed by atoms with Gasteiger partial charge in [-0.2, -0.15) is 13.2 Å². The number of nitrogens with zero attached hydrogens (tertiary/aromatic N) is 3. The molecule has 150 valence electrons. The zero-order valence-electron chi connectivity index (χ0n) is 15.9. The molecule has 28 heavy (non-hydrogen) atoms. The molecule has 1 saturated heterocycles. The number of piperazine rings is 1. The first-order valence-corrected chi connectivity index (χ1v) is 9.10. The number of carbonyl (C=O) groups excluding carboxylic acids is 1. The van der Waals surface area contributed by atoms with Gasteiger partial charge in [-0.15, -0.1) is 0 Å². The molecule has 1 aliphatic rings. The number of hydrogen-bond acceptors (Lipinski definition) is 4. The number of halogens is 3. The van der Waals surface area contributed by atoms with Gasteiger partial charge >= 0.3 is 6.18 Å². The van der Waals surface area contributed by atoms with Crippen molar-refractivity contribution in [3.8, 4) is 0 Å². The molecule has 1 aromatic heterocycles. The Kier molecular flexibility index (Phi) is 5.88. The Labute approximate surface area is 162 Å². The quantitative estimate of drug-likeness (QED) is 0.866. The SMILES string of the molecule is Cc1ccc(C)c(NC(=O)CN2CCN(c3ccc(C(F)(F)F)cn3)CC2)c1. The molecule has 1 fully saturated rings. The molecule has 1 aliphatic heterocycles. The first-order valence-electron chi connectivity index (χ1n) is 9.10. The molecule has 0 atom stereocenters. The highest BCUT2D eigenvalue weighted by Crippen LogP contribution is 2.29. The summed E-state index contributed by atoms with van der Waals surface area (Å²) < 4.78 is 37.9. The first kappa shape index (κ1) is 20.1. The van der Waals surface area contributed by atoms with Gasteiger partial charge in [0.2, 0.25) is 5.91 Å². The summed E-state index contributed by atoms with van der Waals surface area (Å²) in [5, 5.41) is 2.95. The Balaban J connectivity index is 1.51. The minimum atomic E-state index is -4.38. The second-order valence-electron chi connectivity index (χ2n) is 7.03. The molecule has 3 rings (SSSR count). The highest BCUT2D eigenvalue weighted by molar-refractivity contribution is 5.93. The first-order chi connectivity index (χ1) is 13.2. The fraction of sp³-hybridized carbons (Fsp3) is 0.400. The van der Waals surface area contributed by atoms with Gasteiger partial charge in [0.15, 0.2) is 0 Å². The van der Waals surface area contributed by atoms with Crippen molar-refractivity contribution in [3.63, 3.8) is 0 Å². The monoisotopic (exact) mass is 392 g/mol. The zero-order chi connectivity index (χ0) is 20.3. The Hall–Kier alpha value is -2.61. The maximum atomic E-state index is 12.6. The average molecular weight is 392 g/mol. The van der Waals surface area contributed by atoms with Crippen LogP contribution in [0, 0.1) is 13.8 Å². The summed E-state index contributed by atoms with van der Waals surface area (Å²) in [7, 11) is 0. The molecular formula is C20H23F3N4O. The number of anilines is 2. The number of aryl methyl sites for hydroxylation is 2. The molecule has 0 unspecified atom stereocenters. The molecule has 0 saturated carbocycles. The van der Waals surface area contributed by atoms with Crippen molar-refractivity contribution in [2.45, 2.75) is 20.0 Å². The van der Waals surface area contributed by atoms with E-state index in [9.17, 15) is 18.0 Å². The van der Waals surface area contributed by atoms with E-state index in [2.05, 4.69) is 10.3 Å². The van der Waals surface area contributed by atoms with E-state index in [-0.39, 0.29) is 12.5 Å². The van der Waals surface area contributed by atoms with Gasteiger partial charge in [0.05, 0.1) is 12.1 Å². The second-order valence-corrected chi connectivity index (χ2v) is 7.03. The fourth-order valence-corrected chi connectivity index (χ4v) is 3.14. The van der Waals surface area contributed by atoms with Gasteiger partial charge < -0.3 is 10.2 Å². The predicted octanol–water partition coefficient (Wildman–Crippen LogP) is 3.48. The summed E-state index contributed by atoms with van der Waals surface area (Å²) in [4.78, 5) is 20.2. The fourth-order valence-electron chi connectivity index (χ4n) is 3.14. The molecule has 5 nitrogen and oxygen atoms in total. The van der Waals surface area contributed by atoms with Gasteiger partial charge in [0.25, 0.3) is 0 Å². The third-order valence-electron chi connectivity index (χ3n) is 4.81. The van der Waals surface area contributed by atoms with Crippen LogP contribution >= 0.6 is 0 Å². The van der Waals surface area contributed by atoms with Crippen molar-refractivity contribution in [1.29, 1.82) is 0 Å². The van der Waals surface area contributed by atoms with Crippen molar-refractivity contribution in [3.05, 3.63) is 53.2 Å². The van der Waals surface area contributed by atoms with E-state index in [1.807, 2.05) is 41.8 Å². The van der Waals surface area contributed by atoms with Gasteiger partial charge in [-0.25, -0.2) is 4.98 Å². The lowest BCUT2D eigenvalue weighted by Gasteiger charge is -2.35. The van der Waals surface area contributed by atoms with E-state index in [1.165, 1.54) is 6.07 Å². The minimum Gasteiger partial charge on any atom is -0.354 e. The molecule has 0 aliphatic carbocycles. The number of amides is 1. The summed E-state index contributed by atoms with van der Waals surface area (Å²) in [6, 6.07) is 8.36. The molecule has 2 aromatic rings. The summed E-state index contributed by atoms with van der Waals surface area (Å²) in [6.07, 6.45) is -3.52. The molecule has 1 aromatic carbocycles. The Morgan fingerprint density at radius 2 is 1.82 bits per heavy atom. The highest BCUT2D eigenvalue weighted by Gasteiger charge is 2.31. The maximum absolute atomic E-state index is 12.6. The number of rotatable bonds is 4. The van der Waals surface area contributed by atoms with Gasteiger partial charge in [0.1, 0.15) is 5.82 Å². The van der Waals surface area contributed by atoms with Crippen LogP contribution in [0.2, 0.25) is 0 Å². The van der Waals surface area contributed by atoms with Crippen LogP contribution in [0.3, 0.4) is 0 Å². The summed E-state index contributed by atoms with van der Waals surface area (Å²) in [5.41, 5.74) is 2.16. The Morgan fingerprint density at radius 3 is 2.43 bits per heavy atom. The maximum Gasteiger partial charge on any atom is 0.417 e. The molecule has 2 heterocycles. The van der Waals surface area contributed by atoms with Crippen LogP contribution in [-0.4, -0.2) is 48.5 Å². The van der Waals surface area contributed by atoms with E-state index in [4.69, 9.17) is 0 Å². The smallest absolute Gasteiger partial charge is 0.354 e. The van der Waals surface area contributed by atoms with Crippen LogP contribution in [0.5, 0.6) is 0 Å². The van der Waals surface area contributed by atoms with Crippen molar-refractivity contribution < 1.29 is 18.0 Å². The van der Waals surface area contributed by atoms with E-state index in [1.54, 1.807) is 0 Å². The van der Waals surface area contributed by atoms with Gasteiger partial charge in [-0.05, 0) is 43.2 Å². The molecule has 0 radical (unpaired) electrons. The lowest BCUT2D eigenvalue weighted by atomic mass is 10.1. The van der Waals surface area contributed by atoms with Crippen molar-refractivity contribution in [2.24, 2.45) is 0 Å². The Bertz CT molecular complexity index is 828. The largest absolute Gasteiger partial charge is 0.417 e. The topological polar surface area (TPSA) is 48.5 Å². The normalized spacial score (nSPS) is 15.5. The lowest BCUT2D eigenvalue weighted by molar-refractivity contribution is -0.137. The number of aromatic nitrogens is 1. The van der Waals surface area contributed by atoms with Gasteiger partial charge in [-0.1, -0.05) is 12.1 Å². The second kappa shape index (κ2) is 8.18. The van der Waals surface area contributed by atoms with Crippen molar-refractivity contribution in [1.82, 2.24) is 9.88 Å². The summed E-state index contributed by atoms with van der Waals surface area (Å²) in [6.45, 7) is 6.70. The van der Waals surface area contributed by atoms with Crippen LogP contribution in [0.15, 0.2) is 36.5 Å². The summed E-state index contributed by atoms with van der Waals surface area (Å²) in [5.74, 6) is 0.447. The van der Waals surface area contributed by atoms with E-state index < -0.39 is 11.7 Å². The number of hydrogen-bond donors (Lipinski definition) is 1. The highest BCUT2D eigenvalue weighted by atomic mass is 19.4. The molecule has 1 N–H and O–H groups in total. The lowest BCUT2D eigenvalue weighted by Crippen LogP contribution is -2.49. The van der Waals surface area contributed by atoms with Crippen molar-refractivity contribution in [2.75, 3.05) is 42.9 Å². The van der Waals surface area contributed by atoms with Crippen LogP contribution in [-0.2, 0) is 11.0 Å². The van der Waals surface area contributed by atoms with Crippen LogP contribution in [0.25, 0.3) is 0 Å². The van der Waals surface area contributed by atoms with Crippen LogP contribution in [0.4, 0.5) is 24.7 Å². The molecule has 1 amide bonds. The number of alkyl halides is 3. The molecular weight excluding hydrogens is 369 g/mol. The Morgan fingerprint density at radius 1 is 1.11 bits per heavy atom. The van der Waals surface area contributed by atoms with E-state index in [0.29, 0.717) is 32.0 Å². The standard InChI is InChI=1S/C20H23F3N4O/c1-14-3-4-15(2)17(11-14)25-19(28)13-26-7-9-27(10-8-26)18-6-5-16(12-24-18)20(21,22)23/h3-6,11-12H,7-10,13H2,1-2H3,(H,25,28). The van der Waals surface area contributed by atoms with Crippen LogP contribution < -0.4 is 10.2 Å². The van der Waals surface area contributed by atoms with E-state index in [0.717, 1.165) is 29.1 Å². The average Bonchev–Trinajstić information content (AvgIpc) is 2.65. The third kappa shape index (κ3) is 5.01. The molecule has 0 bridgehead atoms. The summed E-state index contributed by atoms with van der Waals surface area (Å²) >= 11 is 0. The number of nitrogens with one attached hydrogen (secondary N) is 1. The zero-order valence-corrected chi connectivity index (χ0v) is 15.9.